The van der Waals surface area contributed by atoms with Gasteiger partial charge in [0, 0.05) is 12.1 Å². The van der Waals surface area contributed by atoms with Crippen LogP contribution in [0.2, 0.25) is 0 Å². The molecule has 1 rings (SSSR count). The van der Waals surface area contributed by atoms with Crippen LogP contribution in [-0.4, -0.2) is 15.9 Å². The molecule has 1 heterocycles. The van der Waals surface area contributed by atoms with Gasteiger partial charge in [0.05, 0.1) is 5.69 Å². The fraction of sp³-hybridized carbons (Fsp3) is 0.286. The van der Waals surface area contributed by atoms with Crippen LogP contribution in [0, 0.1) is 0 Å². The number of rotatable bonds is 2. The predicted molar refractivity (Wildman–Crippen MR) is 46.0 cm³/mol. The maximum Gasteiger partial charge on any atom is 0.284 e. The van der Waals surface area contributed by atoms with E-state index in [-0.39, 0.29) is 5.82 Å². The van der Waals surface area contributed by atoms with Gasteiger partial charge >= 0.3 is 0 Å². The minimum Gasteiger partial charge on any atom is -0.363 e. The molecule has 0 aliphatic heterocycles. The fourth-order valence-electron chi connectivity index (χ4n) is 0.826. The van der Waals surface area contributed by atoms with Crippen molar-refractivity contribution in [3.05, 3.63) is 27.9 Å². The highest BCUT2D eigenvalue weighted by Gasteiger charge is 2.08. The normalized spacial score (nSPS) is 12.5. The standard InChI is InChI=1S/C7H10N4O2/c1-3(8)4-2-5(12)11-7(10-4)6(9)13/h2-3H,8H2,1H3,(H2,9,13)(H,10,11,12). The molecule has 6 heteroatoms. The molecule has 0 saturated heterocycles. The Labute approximate surface area is 74.0 Å². The zero-order valence-electron chi connectivity index (χ0n) is 7.07. The van der Waals surface area contributed by atoms with E-state index in [2.05, 4.69) is 9.97 Å². The number of amides is 1. The highest BCUT2D eigenvalue weighted by Crippen LogP contribution is 2.01. The minimum atomic E-state index is -0.778. The highest BCUT2D eigenvalue weighted by molar-refractivity contribution is 5.88. The molecule has 0 radical (unpaired) electrons. The molecule has 0 fully saturated rings. The summed E-state index contributed by atoms with van der Waals surface area (Å²) >= 11 is 0. The Hall–Kier alpha value is -1.69. The summed E-state index contributed by atoms with van der Waals surface area (Å²) in [7, 11) is 0. The van der Waals surface area contributed by atoms with Crippen molar-refractivity contribution in [3.8, 4) is 0 Å². The molecule has 0 aromatic carbocycles. The lowest BCUT2D eigenvalue weighted by Gasteiger charge is -2.03. The molecular formula is C7H10N4O2. The molecule has 1 atom stereocenters. The Balaban J connectivity index is 3.27. The molecule has 5 N–H and O–H groups in total. The molecular weight excluding hydrogens is 172 g/mol. The molecule has 0 saturated carbocycles. The fourth-order valence-corrected chi connectivity index (χ4v) is 0.826. The lowest BCUT2D eigenvalue weighted by Crippen LogP contribution is -2.23. The van der Waals surface area contributed by atoms with Gasteiger partial charge in [0.15, 0.2) is 5.82 Å². The SMILES string of the molecule is CC(N)c1cc(=O)[nH]c(C(N)=O)n1. The van der Waals surface area contributed by atoms with Crippen molar-refractivity contribution in [1.29, 1.82) is 0 Å². The second-order valence-electron chi connectivity index (χ2n) is 2.67. The molecule has 0 aliphatic carbocycles. The van der Waals surface area contributed by atoms with Crippen LogP contribution >= 0.6 is 0 Å². The number of hydrogen-bond acceptors (Lipinski definition) is 4. The molecule has 6 nitrogen and oxygen atoms in total. The second-order valence-corrected chi connectivity index (χ2v) is 2.67. The summed E-state index contributed by atoms with van der Waals surface area (Å²) in [5.74, 6) is -0.945. The average molecular weight is 182 g/mol. The molecule has 0 spiro atoms. The Bertz CT molecular complexity index is 382. The smallest absolute Gasteiger partial charge is 0.284 e. The number of carbonyl (C=O) groups is 1. The van der Waals surface area contributed by atoms with Crippen LogP contribution in [0.4, 0.5) is 0 Å². The van der Waals surface area contributed by atoms with E-state index < -0.39 is 17.5 Å². The van der Waals surface area contributed by atoms with Gasteiger partial charge in [-0.25, -0.2) is 4.98 Å². The third-order valence-corrected chi connectivity index (χ3v) is 1.46. The minimum absolute atomic E-state index is 0.167. The predicted octanol–water partition coefficient (Wildman–Crippen LogP) is -1.11. The lowest BCUT2D eigenvalue weighted by molar-refractivity contribution is 0.0989. The molecule has 0 bridgehead atoms. The van der Waals surface area contributed by atoms with Crippen molar-refractivity contribution >= 4 is 5.91 Å². The number of primary amides is 1. The summed E-state index contributed by atoms with van der Waals surface area (Å²) in [6.45, 7) is 1.66. The number of hydrogen-bond donors (Lipinski definition) is 3. The zero-order chi connectivity index (χ0) is 10.0. The number of aromatic nitrogens is 2. The monoisotopic (exact) mass is 182 g/mol. The van der Waals surface area contributed by atoms with Gasteiger partial charge in [0.1, 0.15) is 0 Å². The van der Waals surface area contributed by atoms with Crippen molar-refractivity contribution < 1.29 is 4.79 Å². The summed E-state index contributed by atoms with van der Waals surface area (Å²) in [6.07, 6.45) is 0. The molecule has 1 unspecified atom stereocenters. The Morgan fingerprint density at radius 1 is 1.69 bits per heavy atom. The first kappa shape index (κ1) is 9.40. The summed E-state index contributed by atoms with van der Waals surface area (Å²) in [5.41, 5.74) is 10.3. The van der Waals surface area contributed by atoms with Crippen LogP contribution in [0.25, 0.3) is 0 Å². The summed E-state index contributed by atoms with van der Waals surface area (Å²) < 4.78 is 0. The Morgan fingerprint density at radius 2 is 2.31 bits per heavy atom. The molecule has 1 aromatic heterocycles. The van der Waals surface area contributed by atoms with E-state index >= 15 is 0 Å². The second kappa shape index (κ2) is 3.36. The van der Waals surface area contributed by atoms with Gasteiger partial charge in [-0.15, -0.1) is 0 Å². The van der Waals surface area contributed by atoms with E-state index in [0.29, 0.717) is 5.69 Å². The van der Waals surface area contributed by atoms with Crippen molar-refractivity contribution in [2.45, 2.75) is 13.0 Å². The quantitative estimate of drug-likeness (QED) is 0.537. The largest absolute Gasteiger partial charge is 0.363 e. The van der Waals surface area contributed by atoms with Crippen molar-refractivity contribution in [2.24, 2.45) is 11.5 Å². The Kier molecular flexibility index (Phi) is 2.43. The van der Waals surface area contributed by atoms with E-state index in [1.54, 1.807) is 6.92 Å². The van der Waals surface area contributed by atoms with Gasteiger partial charge in [0.25, 0.3) is 11.5 Å². The van der Waals surface area contributed by atoms with E-state index in [4.69, 9.17) is 11.5 Å². The Morgan fingerprint density at radius 3 is 2.77 bits per heavy atom. The maximum absolute atomic E-state index is 11.0. The number of H-pyrrole nitrogens is 1. The third kappa shape index (κ3) is 2.12. The van der Waals surface area contributed by atoms with Gasteiger partial charge in [-0.05, 0) is 6.92 Å². The first-order chi connectivity index (χ1) is 6.00. The van der Waals surface area contributed by atoms with Crippen LogP contribution in [0.1, 0.15) is 29.3 Å². The average Bonchev–Trinajstić information content (AvgIpc) is 2.03. The van der Waals surface area contributed by atoms with Crippen LogP contribution in [-0.2, 0) is 0 Å². The number of nitrogens with two attached hydrogens (primary N) is 2. The molecule has 70 valence electrons. The highest BCUT2D eigenvalue weighted by atomic mass is 16.1. The number of carbonyl (C=O) groups excluding carboxylic acids is 1. The molecule has 1 aromatic rings. The summed E-state index contributed by atoms with van der Waals surface area (Å²) in [4.78, 5) is 27.6. The van der Waals surface area contributed by atoms with Crippen LogP contribution in [0.3, 0.4) is 0 Å². The number of aromatic amines is 1. The molecule has 13 heavy (non-hydrogen) atoms. The first-order valence-electron chi connectivity index (χ1n) is 3.67. The molecule has 0 aliphatic rings. The lowest BCUT2D eigenvalue weighted by atomic mass is 10.2. The third-order valence-electron chi connectivity index (χ3n) is 1.46. The van der Waals surface area contributed by atoms with Crippen LogP contribution in [0.5, 0.6) is 0 Å². The first-order valence-corrected chi connectivity index (χ1v) is 3.67. The summed E-state index contributed by atoms with van der Waals surface area (Å²) in [6, 6.07) is 0.831. The number of nitrogens with zero attached hydrogens (tertiary/aromatic N) is 1. The topological polar surface area (TPSA) is 115 Å². The van der Waals surface area contributed by atoms with Gasteiger partial charge in [-0.1, -0.05) is 0 Å². The van der Waals surface area contributed by atoms with E-state index in [9.17, 15) is 9.59 Å². The van der Waals surface area contributed by atoms with Crippen molar-refractivity contribution in [3.63, 3.8) is 0 Å². The maximum atomic E-state index is 11.0. The van der Waals surface area contributed by atoms with Crippen LogP contribution in [0.15, 0.2) is 10.9 Å². The van der Waals surface area contributed by atoms with Crippen molar-refractivity contribution in [1.82, 2.24) is 9.97 Å². The van der Waals surface area contributed by atoms with Gasteiger partial charge in [-0.3, -0.25) is 9.59 Å². The van der Waals surface area contributed by atoms with Gasteiger partial charge < -0.3 is 16.5 Å². The van der Waals surface area contributed by atoms with Gasteiger partial charge in [0.2, 0.25) is 0 Å². The van der Waals surface area contributed by atoms with E-state index in [1.165, 1.54) is 6.07 Å². The molecule has 1 amide bonds. The van der Waals surface area contributed by atoms with E-state index in [1.807, 2.05) is 0 Å². The van der Waals surface area contributed by atoms with Crippen LogP contribution < -0.4 is 17.0 Å². The van der Waals surface area contributed by atoms with E-state index in [0.717, 1.165) is 0 Å². The summed E-state index contributed by atoms with van der Waals surface area (Å²) in [5, 5.41) is 0. The van der Waals surface area contributed by atoms with Crippen molar-refractivity contribution in [2.75, 3.05) is 0 Å². The van der Waals surface area contributed by atoms with Gasteiger partial charge in [-0.2, -0.15) is 0 Å². The zero-order valence-corrected chi connectivity index (χ0v) is 7.07. The number of nitrogens with one attached hydrogen (secondary N) is 1.